The number of hydrogen-bond acceptors (Lipinski definition) is 4. The summed E-state index contributed by atoms with van der Waals surface area (Å²) >= 11 is 1.25. The van der Waals surface area contributed by atoms with E-state index in [1.165, 1.54) is 17.8 Å². The second-order valence-corrected chi connectivity index (χ2v) is 6.13. The van der Waals surface area contributed by atoms with Crippen molar-refractivity contribution in [3.63, 3.8) is 0 Å². The zero-order valence-electron chi connectivity index (χ0n) is 12.9. The lowest BCUT2D eigenvalue weighted by Crippen LogP contribution is -2.03. The van der Waals surface area contributed by atoms with Crippen molar-refractivity contribution >= 4 is 17.8 Å². The van der Waals surface area contributed by atoms with E-state index in [2.05, 4.69) is 0 Å². The minimum absolute atomic E-state index is 0.0526. The van der Waals surface area contributed by atoms with Crippen molar-refractivity contribution < 1.29 is 9.52 Å². The first-order valence-corrected chi connectivity index (χ1v) is 8.49. The van der Waals surface area contributed by atoms with Crippen LogP contribution in [0.25, 0.3) is 17.4 Å². The van der Waals surface area contributed by atoms with Gasteiger partial charge in [-0.25, -0.2) is 4.79 Å². The first kappa shape index (κ1) is 16.1. The fourth-order valence-electron chi connectivity index (χ4n) is 2.23. The predicted octanol–water partition coefficient (Wildman–Crippen LogP) is 4.82. The van der Waals surface area contributed by atoms with Gasteiger partial charge in [-0.1, -0.05) is 72.8 Å². The van der Waals surface area contributed by atoms with Crippen LogP contribution < -0.4 is 5.63 Å². The summed E-state index contributed by atoms with van der Waals surface area (Å²) in [6.45, 7) is 0. The zero-order valence-corrected chi connectivity index (χ0v) is 13.7. The molecule has 0 radical (unpaired) electrons. The van der Waals surface area contributed by atoms with Crippen LogP contribution in [0.5, 0.6) is 5.75 Å². The van der Waals surface area contributed by atoms with Crippen LogP contribution in [0.15, 0.2) is 86.9 Å². The number of benzene rings is 2. The first-order chi connectivity index (χ1) is 11.7. The van der Waals surface area contributed by atoms with E-state index in [0.717, 1.165) is 11.1 Å². The Morgan fingerprint density at radius 3 is 2.33 bits per heavy atom. The van der Waals surface area contributed by atoms with Gasteiger partial charge < -0.3 is 9.52 Å². The van der Waals surface area contributed by atoms with Crippen molar-refractivity contribution in [1.82, 2.24) is 0 Å². The summed E-state index contributed by atoms with van der Waals surface area (Å²) < 4.78 is 5.33. The lowest BCUT2D eigenvalue weighted by atomic mass is 10.1. The summed E-state index contributed by atoms with van der Waals surface area (Å²) in [6, 6.07) is 20.6. The minimum Gasteiger partial charge on any atom is -0.506 e. The third kappa shape index (κ3) is 3.97. The molecule has 0 aliphatic rings. The van der Waals surface area contributed by atoms with Crippen LogP contribution >= 0.6 is 11.8 Å². The Kier molecular flexibility index (Phi) is 5.18. The van der Waals surface area contributed by atoms with Crippen LogP contribution in [0.3, 0.4) is 0 Å². The average molecular weight is 336 g/mol. The smallest absolute Gasteiger partial charge is 0.353 e. The second-order valence-electron chi connectivity index (χ2n) is 5.10. The van der Waals surface area contributed by atoms with Gasteiger partial charge in [-0.05, 0) is 5.56 Å². The first-order valence-electron chi connectivity index (χ1n) is 7.51. The Bertz CT molecular complexity index is 884. The third-order valence-corrected chi connectivity index (χ3v) is 4.40. The summed E-state index contributed by atoms with van der Waals surface area (Å²) in [5, 5.41) is 10.1. The molecule has 0 saturated heterocycles. The number of thioether (sulfide) groups is 1. The van der Waals surface area contributed by atoms with Crippen molar-refractivity contribution in [2.45, 2.75) is 4.90 Å². The highest BCUT2D eigenvalue weighted by molar-refractivity contribution is 7.99. The van der Waals surface area contributed by atoms with Gasteiger partial charge in [0.15, 0.2) is 0 Å². The van der Waals surface area contributed by atoms with Crippen LogP contribution in [0.4, 0.5) is 0 Å². The molecule has 0 aliphatic carbocycles. The fraction of sp³-hybridized carbons (Fsp3) is 0.0500. The van der Waals surface area contributed by atoms with Crippen molar-refractivity contribution in [3.05, 3.63) is 88.8 Å². The largest absolute Gasteiger partial charge is 0.506 e. The minimum atomic E-state index is -0.521. The van der Waals surface area contributed by atoms with Gasteiger partial charge in [0.25, 0.3) is 0 Å². The van der Waals surface area contributed by atoms with Gasteiger partial charge in [-0.2, -0.15) is 0 Å². The molecule has 4 heteroatoms. The van der Waals surface area contributed by atoms with Crippen molar-refractivity contribution in [3.8, 4) is 17.1 Å². The Balaban J connectivity index is 1.73. The van der Waals surface area contributed by atoms with E-state index in [9.17, 15) is 9.90 Å². The van der Waals surface area contributed by atoms with E-state index in [0.29, 0.717) is 11.5 Å². The Hall–Kier alpha value is -2.72. The molecule has 0 saturated carbocycles. The lowest BCUT2D eigenvalue weighted by Gasteiger charge is -2.04. The van der Waals surface area contributed by atoms with Gasteiger partial charge in [-0.15, -0.1) is 11.8 Å². The van der Waals surface area contributed by atoms with Gasteiger partial charge in [0.2, 0.25) is 0 Å². The molecule has 0 fully saturated rings. The maximum Gasteiger partial charge on any atom is 0.353 e. The van der Waals surface area contributed by atoms with Crippen molar-refractivity contribution in [2.75, 3.05) is 5.75 Å². The molecule has 0 amide bonds. The van der Waals surface area contributed by atoms with Crippen LogP contribution in [0.2, 0.25) is 0 Å². The van der Waals surface area contributed by atoms with Gasteiger partial charge >= 0.3 is 5.63 Å². The monoisotopic (exact) mass is 336 g/mol. The molecule has 0 unspecified atom stereocenters. The molecule has 0 spiro atoms. The predicted molar refractivity (Wildman–Crippen MR) is 98.3 cm³/mol. The highest BCUT2D eigenvalue weighted by Gasteiger charge is 2.12. The summed E-state index contributed by atoms with van der Waals surface area (Å²) in [4.78, 5) is 12.4. The topological polar surface area (TPSA) is 50.4 Å². The molecule has 24 heavy (non-hydrogen) atoms. The van der Waals surface area contributed by atoms with E-state index in [-0.39, 0.29) is 10.6 Å². The second kappa shape index (κ2) is 7.70. The van der Waals surface area contributed by atoms with E-state index in [1.54, 1.807) is 0 Å². The maximum absolute atomic E-state index is 12.1. The lowest BCUT2D eigenvalue weighted by molar-refractivity contribution is 0.430. The van der Waals surface area contributed by atoms with E-state index >= 15 is 0 Å². The Morgan fingerprint density at radius 1 is 1.00 bits per heavy atom. The zero-order chi connectivity index (χ0) is 16.8. The van der Waals surface area contributed by atoms with Gasteiger partial charge in [0, 0.05) is 17.4 Å². The molecule has 1 N–H and O–H groups in total. The molecule has 3 aromatic rings. The average Bonchev–Trinajstić information content (AvgIpc) is 2.62. The quantitative estimate of drug-likeness (QED) is 0.679. The van der Waals surface area contributed by atoms with Crippen LogP contribution in [0.1, 0.15) is 5.56 Å². The normalized spacial score (nSPS) is 11.0. The van der Waals surface area contributed by atoms with E-state index in [1.807, 2.05) is 72.8 Å². The van der Waals surface area contributed by atoms with Gasteiger partial charge in [0.1, 0.15) is 16.4 Å². The van der Waals surface area contributed by atoms with Crippen LogP contribution in [-0.2, 0) is 0 Å². The molecular weight excluding hydrogens is 320 g/mol. The van der Waals surface area contributed by atoms with Crippen LogP contribution in [-0.4, -0.2) is 10.9 Å². The number of aromatic hydroxyl groups is 1. The molecule has 1 aromatic heterocycles. The molecule has 120 valence electrons. The maximum atomic E-state index is 12.1. The van der Waals surface area contributed by atoms with Crippen molar-refractivity contribution in [2.24, 2.45) is 0 Å². The molecule has 3 rings (SSSR count). The molecule has 2 aromatic carbocycles. The summed E-state index contributed by atoms with van der Waals surface area (Å²) in [5.74, 6) is 0.878. The molecule has 3 nitrogen and oxygen atoms in total. The van der Waals surface area contributed by atoms with Crippen molar-refractivity contribution in [1.29, 1.82) is 0 Å². The summed E-state index contributed by atoms with van der Waals surface area (Å²) in [6.07, 6.45) is 3.92. The third-order valence-electron chi connectivity index (χ3n) is 3.38. The van der Waals surface area contributed by atoms with E-state index in [4.69, 9.17) is 4.42 Å². The molecule has 0 aliphatic heterocycles. The SMILES string of the molecule is O=c1oc(-c2ccccc2)cc(O)c1SC/C=C/c1ccccc1. The summed E-state index contributed by atoms with van der Waals surface area (Å²) in [5.41, 5.74) is 1.33. The standard InChI is InChI=1S/C20H16O3S/c21-17-14-18(16-11-5-2-6-12-16)23-20(22)19(17)24-13-7-10-15-8-3-1-4-9-15/h1-12,14,21H,13H2/b10-7+. The van der Waals surface area contributed by atoms with Crippen LogP contribution in [0, 0.1) is 0 Å². The fourth-order valence-corrected chi connectivity index (χ4v) is 2.95. The van der Waals surface area contributed by atoms with Gasteiger partial charge in [-0.3, -0.25) is 0 Å². The Labute approximate surface area is 144 Å². The molecular formula is C20H16O3S. The van der Waals surface area contributed by atoms with E-state index < -0.39 is 5.63 Å². The molecule has 0 atom stereocenters. The highest BCUT2D eigenvalue weighted by atomic mass is 32.2. The highest BCUT2D eigenvalue weighted by Crippen LogP contribution is 2.29. The number of rotatable bonds is 5. The van der Waals surface area contributed by atoms with Gasteiger partial charge in [0.05, 0.1) is 0 Å². The Morgan fingerprint density at radius 2 is 1.67 bits per heavy atom. The summed E-state index contributed by atoms with van der Waals surface area (Å²) in [7, 11) is 0. The number of hydrogen-bond donors (Lipinski definition) is 1. The molecule has 1 heterocycles. The molecule has 0 bridgehead atoms.